The summed E-state index contributed by atoms with van der Waals surface area (Å²) in [5, 5.41) is 18.3. The van der Waals surface area contributed by atoms with Gasteiger partial charge in [-0.3, -0.25) is 0 Å². The van der Waals surface area contributed by atoms with E-state index in [-0.39, 0.29) is 10.6 Å². The van der Waals surface area contributed by atoms with E-state index in [2.05, 4.69) is 6.07 Å². The molecule has 0 spiro atoms. The SMILES string of the molecule is [B]c1ccc(C(=O)O)c(C2(C#N)CC2)c1Cl. The van der Waals surface area contributed by atoms with Gasteiger partial charge in [-0.05, 0) is 18.9 Å². The fraction of sp³-hybridized carbons (Fsp3) is 0.273. The van der Waals surface area contributed by atoms with Crippen LogP contribution in [0.4, 0.5) is 0 Å². The van der Waals surface area contributed by atoms with Crippen molar-refractivity contribution < 1.29 is 9.90 Å². The molecule has 1 aromatic carbocycles. The molecule has 1 aliphatic carbocycles. The lowest BCUT2D eigenvalue weighted by Gasteiger charge is -2.14. The van der Waals surface area contributed by atoms with Gasteiger partial charge in [-0.15, -0.1) is 0 Å². The van der Waals surface area contributed by atoms with Crippen molar-refractivity contribution in [1.82, 2.24) is 0 Å². The van der Waals surface area contributed by atoms with Gasteiger partial charge in [-0.2, -0.15) is 5.26 Å². The fourth-order valence-electron chi connectivity index (χ4n) is 1.78. The predicted molar refractivity (Wildman–Crippen MR) is 60.3 cm³/mol. The van der Waals surface area contributed by atoms with E-state index in [0.29, 0.717) is 23.9 Å². The number of nitrogens with zero attached hydrogens (tertiary/aromatic N) is 1. The Kier molecular flexibility index (Phi) is 2.44. The Balaban J connectivity index is 2.71. The highest BCUT2D eigenvalue weighted by molar-refractivity contribution is 6.46. The van der Waals surface area contributed by atoms with E-state index in [0.717, 1.165) is 0 Å². The smallest absolute Gasteiger partial charge is 0.336 e. The van der Waals surface area contributed by atoms with Gasteiger partial charge in [0.15, 0.2) is 0 Å². The summed E-state index contributed by atoms with van der Waals surface area (Å²) >= 11 is 6.01. The van der Waals surface area contributed by atoms with Crippen molar-refractivity contribution in [2.45, 2.75) is 18.3 Å². The second-order valence-corrected chi connectivity index (χ2v) is 4.27. The van der Waals surface area contributed by atoms with Crippen molar-refractivity contribution in [3.05, 3.63) is 28.3 Å². The lowest BCUT2D eigenvalue weighted by molar-refractivity contribution is 0.0695. The Morgan fingerprint density at radius 1 is 1.56 bits per heavy atom. The highest BCUT2D eigenvalue weighted by atomic mass is 35.5. The van der Waals surface area contributed by atoms with Gasteiger partial charge in [-0.1, -0.05) is 23.1 Å². The van der Waals surface area contributed by atoms with Gasteiger partial charge >= 0.3 is 5.97 Å². The van der Waals surface area contributed by atoms with Crippen LogP contribution in [0.25, 0.3) is 0 Å². The molecule has 0 unspecified atom stereocenters. The van der Waals surface area contributed by atoms with E-state index in [4.69, 9.17) is 29.8 Å². The molecule has 0 saturated heterocycles. The van der Waals surface area contributed by atoms with Crippen LogP contribution in [0.3, 0.4) is 0 Å². The topological polar surface area (TPSA) is 61.1 Å². The summed E-state index contributed by atoms with van der Waals surface area (Å²) in [5.74, 6) is -1.08. The van der Waals surface area contributed by atoms with Crippen LogP contribution < -0.4 is 5.46 Å². The molecular weight excluding hydrogens is 224 g/mol. The van der Waals surface area contributed by atoms with Crippen LogP contribution in [-0.4, -0.2) is 18.9 Å². The van der Waals surface area contributed by atoms with Crippen molar-refractivity contribution in [3.8, 4) is 6.07 Å². The monoisotopic (exact) mass is 231 g/mol. The quantitative estimate of drug-likeness (QED) is 0.782. The Morgan fingerprint density at radius 2 is 2.19 bits per heavy atom. The lowest BCUT2D eigenvalue weighted by atomic mass is 9.85. The van der Waals surface area contributed by atoms with Crippen LogP contribution >= 0.6 is 11.6 Å². The zero-order chi connectivity index (χ0) is 11.9. The average molecular weight is 231 g/mol. The molecule has 0 atom stereocenters. The van der Waals surface area contributed by atoms with Gasteiger partial charge in [0.2, 0.25) is 0 Å². The number of hydrogen-bond acceptors (Lipinski definition) is 2. The molecule has 3 nitrogen and oxygen atoms in total. The number of carbonyl (C=O) groups is 1. The first kappa shape index (κ1) is 11.0. The van der Waals surface area contributed by atoms with Crippen LogP contribution in [-0.2, 0) is 5.41 Å². The van der Waals surface area contributed by atoms with E-state index in [9.17, 15) is 4.79 Å². The Labute approximate surface area is 99.1 Å². The summed E-state index contributed by atoms with van der Waals surface area (Å²) in [4.78, 5) is 11.1. The first-order valence-electron chi connectivity index (χ1n) is 4.75. The van der Waals surface area contributed by atoms with Gasteiger partial charge in [0.25, 0.3) is 0 Å². The molecule has 1 aromatic rings. The Morgan fingerprint density at radius 3 is 2.62 bits per heavy atom. The molecule has 0 aliphatic heterocycles. The molecule has 1 aliphatic rings. The molecule has 0 amide bonds. The van der Waals surface area contributed by atoms with E-state index in [1.54, 1.807) is 0 Å². The number of rotatable bonds is 2. The highest BCUT2D eigenvalue weighted by Gasteiger charge is 2.48. The van der Waals surface area contributed by atoms with Crippen LogP contribution in [0.1, 0.15) is 28.8 Å². The summed E-state index contributed by atoms with van der Waals surface area (Å²) in [5.41, 5.74) is -0.00851. The number of halogens is 1. The van der Waals surface area contributed by atoms with Crippen LogP contribution in [0.15, 0.2) is 12.1 Å². The summed E-state index contributed by atoms with van der Waals surface area (Å²) in [6.45, 7) is 0. The van der Waals surface area contributed by atoms with Crippen LogP contribution in [0.5, 0.6) is 0 Å². The van der Waals surface area contributed by atoms with Crippen molar-refractivity contribution in [3.63, 3.8) is 0 Å². The summed E-state index contributed by atoms with van der Waals surface area (Å²) < 4.78 is 0. The number of carboxylic acids is 1. The molecule has 2 radical (unpaired) electrons. The largest absolute Gasteiger partial charge is 0.478 e. The van der Waals surface area contributed by atoms with Crippen molar-refractivity contribution in [1.29, 1.82) is 5.26 Å². The minimum Gasteiger partial charge on any atom is -0.478 e. The number of nitriles is 1. The van der Waals surface area contributed by atoms with E-state index >= 15 is 0 Å². The van der Waals surface area contributed by atoms with Gasteiger partial charge in [-0.25, -0.2) is 4.79 Å². The summed E-state index contributed by atoms with van der Waals surface area (Å²) in [6.07, 6.45) is 1.26. The van der Waals surface area contributed by atoms with Crippen molar-refractivity contribution in [2.24, 2.45) is 0 Å². The van der Waals surface area contributed by atoms with Crippen molar-refractivity contribution >= 4 is 30.9 Å². The number of hydrogen-bond donors (Lipinski definition) is 1. The molecule has 78 valence electrons. The molecule has 0 bridgehead atoms. The second kappa shape index (κ2) is 3.53. The normalized spacial score (nSPS) is 16.5. The van der Waals surface area contributed by atoms with E-state index < -0.39 is 11.4 Å². The first-order chi connectivity index (χ1) is 7.52. The van der Waals surface area contributed by atoms with Crippen LogP contribution in [0, 0.1) is 11.3 Å². The van der Waals surface area contributed by atoms with E-state index in [1.807, 2.05) is 0 Å². The minimum atomic E-state index is -1.08. The second-order valence-electron chi connectivity index (χ2n) is 3.89. The Bertz CT molecular complexity index is 517. The molecule has 0 aromatic heterocycles. The number of aromatic carboxylic acids is 1. The standard InChI is InChI=1S/C11H7BClNO2/c12-7-2-1-6(10(15)16)8(9(7)13)11(5-14)3-4-11/h1-2H,3-4H2,(H,15,16). The van der Waals surface area contributed by atoms with Gasteiger partial charge in [0.1, 0.15) is 7.85 Å². The zero-order valence-electron chi connectivity index (χ0n) is 8.33. The van der Waals surface area contributed by atoms with Crippen molar-refractivity contribution in [2.75, 3.05) is 0 Å². The third-order valence-corrected chi connectivity index (χ3v) is 3.25. The molecular formula is C11H7BClNO2. The fourth-order valence-corrected chi connectivity index (χ4v) is 2.13. The third-order valence-electron chi connectivity index (χ3n) is 2.84. The zero-order valence-corrected chi connectivity index (χ0v) is 9.08. The number of benzene rings is 1. The highest BCUT2D eigenvalue weighted by Crippen LogP contribution is 2.50. The molecule has 5 heteroatoms. The molecule has 16 heavy (non-hydrogen) atoms. The van der Waals surface area contributed by atoms with Crippen LogP contribution in [0.2, 0.25) is 5.02 Å². The van der Waals surface area contributed by atoms with E-state index in [1.165, 1.54) is 12.1 Å². The van der Waals surface area contributed by atoms with Gasteiger partial charge in [0.05, 0.1) is 17.0 Å². The summed E-state index contributed by atoms with van der Waals surface area (Å²) in [7, 11) is 5.63. The average Bonchev–Trinajstić information content (AvgIpc) is 3.02. The maximum Gasteiger partial charge on any atom is 0.336 e. The predicted octanol–water partition coefficient (Wildman–Crippen LogP) is 1.39. The molecule has 1 fully saturated rings. The molecule has 1 saturated carbocycles. The molecule has 2 rings (SSSR count). The summed E-state index contributed by atoms with van der Waals surface area (Å²) in [6, 6.07) is 4.97. The molecule has 0 heterocycles. The maximum atomic E-state index is 11.1. The third kappa shape index (κ3) is 1.48. The van der Waals surface area contributed by atoms with Gasteiger partial charge < -0.3 is 5.11 Å². The van der Waals surface area contributed by atoms with Gasteiger partial charge in [0, 0.05) is 10.6 Å². The first-order valence-corrected chi connectivity index (χ1v) is 5.12. The lowest BCUT2D eigenvalue weighted by Crippen LogP contribution is -2.18. The Hall–Kier alpha value is -1.47. The number of carboxylic acid groups (broad SMARTS) is 1. The molecule has 1 N–H and O–H groups in total. The maximum absolute atomic E-state index is 11.1. The minimum absolute atomic E-state index is 0.0678.